The third-order valence-electron chi connectivity index (χ3n) is 4.90. The average molecular weight is 442 g/mol. The van der Waals surface area contributed by atoms with Gasteiger partial charge in [-0.3, -0.25) is 4.68 Å². The van der Waals surface area contributed by atoms with Crippen LogP contribution in [0, 0.1) is 0 Å². The van der Waals surface area contributed by atoms with Gasteiger partial charge in [0.15, 0.2) is 5.82 Å². The van der Waals surface area contributed by atoms with Gasteiger partial charge < -0.3 is 10.6 Å². The molecule has 3 heterocycles. The molecule has 2 aromatic rings. The summed E-state index contributed by atoms with van der Waals surface area (Å²) in [7, 11) is -1.41. The molecule has 0 unspecified atom stereocenters. The molecule has 1 aliphatic rings. The molecule has 9 nitrogen and oxygen atoms in total. The molecule has 0 amide bonds. The van der Waals surface area contributed by atoms with Crippen LogP contribution in [0.3, 0.4) is 0 Å². The van der Waals surface area contributed by atoms with E-state index in [9.17, 15) is 8.42 Å². The van der Waals surface area contributed by atoms with Crippen LogP contribution < -0.4 is 10.6 Å². The van der Waals surface area contributed by atoms with Crippen LogP contribution in [0.15, 0.2) is 18.6 Å². The molecule has 11 heteroatoms. The van der Waals surface area contributed by atoms with Crippen LogP contribution in [-0.2, 0) is 17.1 Å². The van der Waals surface area contributed by atoms with Crippen molar-refractivity contribution in [3.63, 3.8) is 0 Å². The zero-order valence-corrected chi connectivity index (χ0v) is 18.4. The number of anilines is 3. The molecule has 0 spiro atoms. The van der Waals surface area contributed by atoms with Crippen LogP contribution in [0.4, 0.5) is 17.5 Å². The van der Waals surface area contributed by atoms with E-state index in [1.54, 1.807) is 15.2 Å². The number of unbranched alkanes of at least 4 members (excludes halogenated alkanes) is 2. The van der Waals surface area contributed by atoms with Gasteiger partial charge in [0.25, 0.3) is 0 Å². The van der Waals surface area contributed by atoms with Crippen LogP contribution >= 0.6 is 11.6 Å². The summed E-state index contributed by atoms with van der Waals surface area (Å²) in [6.45, 7) is 3.10. The maximum atomic E-state index is 12.7. The Hall–Kier alpha value is -1.91. The van der Waals surface area contributed by atoms with Gasteiger partial charge in [0.1, 0.15) is 5.02 Å². The van der Waals surface area contributed by atoms with E-state index < -0.39 is 10.0 Å². The Balaban J connectivity index is 1.63. The molecule has 29 heavy (non-hydrogen) atoms. The number of rotatable bonds is 10. The van der Waals surface area contributed by atoms with Crippen molar-refractivity contribution in [1.29, 1.82) is 0 Å². The third-order valence-corrected chi connectivity index (χ3v) is 7.17. The minimum Gasteiger partial charge on any atom is -0.367 e. The van der Waals surface area contributed by atoms with Gasteiger partial charge in [-0.25, -0.2) is 13.4 Å². The fourth-order valence-electron chi connectivity index (χ4n) is 3.41. The maximum Gasteiger partial charge on any atom is 0.229 e. The zero-order chi connectivity index (χ0) is 20.9. The molecule has 0 aromatic carbocycles. The molecular formula is C18H28ClN7O2S. The first-order valence-corrected chi connectivity index (χ1v) is 11.9. The predicted molar refractivity (Wildman–Crippen MR) is 115 cm³/mol. The maximum absolute atomic E-state index is 12.7. The summed E-state index contributed by atoms with van der Waals surface area (Å²) in [6, 6.07) is -0.0950. The van der Waals surface area contributed by atoms with Crippen molar-refractivity contribution >= 4 is 39.1 Å². The number of aromatic nitrogens is 4. The van der Waals surface area contributed by atoms with Crippen molar-refractivity contribution < 1.29 is 8.42 Å². The summed E-state index contributed by atoms with van der Waals surface area (Å²) in [4.78, 5) is 8.60. The highest BCUT2D eigenvalue weighted by atomic mass is 35.5. The highest BCUT2D eigenvalue weighted by Crippen LogP contribution is 2.25. The average Bonchev–Trinajstić information content (AvgIpc) is 3.31. The number of sulfonamides is 1. The van der Waals surface area contributed by atoms with Crippen molar-refractivity contribution in [2.24, 2.45) is 7.05 Å². The molecule has 1 aliphatic heterocycles. The standard InChI is InChI=1S/C18H28ClN7O2S/c1-3-4-5-9-29(27,28)26-8-6-7-15(26)11-20-17-16(19)12-21-18(24-17)23-14-10-22-25(2)13-14/h10,12-13,15H,3-9,11H2,1-2H3,(H2,20,21,23,24)/t15-/m0/s1. The van der Waals surface area contributed by atoms with Crippen LogP contribution in [0.1, 0.15) is 39.0 Å². The molecule has 1 fully saturated rings. The number of aryl methyl sites for hydroxylation is 1. The van der Waals surface area contributed by atoms with E-state index in [1.165, 1.54) is 6.20 Å². The van der Waals surface area contributed by atoms with Gasteiger partial charge in [-0.2, -0.15) is 14.4 Å². The molecule has 2 aromatic heterocycles. The van der Waals surface area contributed by atoms with E-state index in [-0.39, 0.29) is 11.8 Å². The first-order valence-electron chi connectivity index (χ1n) is 9.90. The number of nitrogens with one attached hydrogen (secondary N) is 2. The smallest absolute Gasteiger partial charge is 0.229 e. The summed E-state index contributed by atoms with van der Waals surface area (Å²) < 4.78 is 28.7. The Kier molecular flexibility index (Phi) is 7.31. The minimum absolute atomic E-state index is 0.0950. The molecule has 1 saturated heterocycles. The quantitative estimate of drug-likeness (QED) is 0.546. The highest BCUT2D eigenvalue weighted by molar-refractivity contribution is 7.89. The lowest BCUT2D eigenvalue weighted by atomic mass is 10.2. The van der Waals surface area contributed by atoms with E-state index in [0.29, 0.717) is 36.3 Å². The Labute approximate surface area is 176 Å². The Morgan fingerprint density at radius 3 is 2.86 bits per heavy atom. The lowest BCUT2D eigenvalue weighted by Crippen LogP contribution is -2.40. The summed E-state index contributed by atoms with van der Waals surface area (Å²) in [5, 5.41) is 10.8. The monoisotopic (exact) mass is 441 g/mol. The summed E-state index contributed by atoms with van der Waals surface area (Å²) in [5.74, 6) is 1.08. The van der Waals surface area contributed by atoms with Crippen molar-refractivity contribution in [2.45, 2.75) is 45.1 Å². The van der Waals surface area contributed by atoms with E-state index in [4.69, 9.17) is 11.6 Å². The lowest BCUT2D eigenvalue weighted by Gasteiger charge is -2.24. The van der Waals surface area contributed by atoms with Gasteiger partial charge in [-0.1, -0.05) is 31.4 Å². The number of nitrogens with zero attached hydrogens (tertiary/aromatic N) is 5. The van der Waals surface area contributed by atoms with Crippen molar-refractivity contribution in [1.82, 2.24) is 24.1 Å². The Bertz CT molecular complexity index is 919. The van der Waals surface area contributed by atoms with Gasteiger partial charge >= 0.3 is 0 Å². The second-order valence-corrected chi connectivity index (χ2v) is 9.68. The second kappa shape index (κ2) is 9.73. The lowest BCUT2D eigenvalue weighted by molar-refractivity contribution is 0.397. The third kappa shape index (κ3) is 5.80. The van der Waals surface area contributed by atoms with Gasteiger partial charge in [0, 0.05) is 32.4 Å². The van der Waals surface area contributed by atoms with E-state index in [2.05, 4.69) is 32.6 Å². The van der Waals surface area contributed by atoms with Gasteiger partial charge in [0.05, 0.1) is 23.8 Å². The number of halogens is 1. The molecule has 160 valence electrons. The van der Waals surface area contributed by atoms with Crippen LogP contribution in [0.25, 0.3) is 0 Å². The van der Waals surface area contributed by atoms with Gasteiger partial charge in [0.2, 0.25) is 16.0 Å². The molecule has 0 saturated carbocycles. The Morgan fingerprint density at radius 1 is 1.31 bits per heavy atom. The Morgan fingerprint density at radius 2 is 2.14 bits per heavy atom. The van der Waals surface area contributed by atoms with Crippen LogP contribution in [0.5, 0.6) is 0 Å². The van der Waals surface area contributed by atoms with E-state index >= 15 is 0 Å². The minimum atomic E-state index is -3.24. The SMILES string of the molecule is CCCCCS(=O)(=O)N1CCC[C@H]1CNc1nc(Nc2cnn(C)c2)ncc1Cl. The molecular weight excluding hydrogens is 414 g/mol. The highest BCUT2D eigenvalue weighted by Gasteiger charge is 2.33. The van der Waals surface area contributed by atoms with E-state index in [1.807, 2.05) is 13.2 Å². The molecule has 0 aliphatic carbocycles. The summed E-state index contributed by atoms with van der Waals surface area (Å²) in [5.41, 5.74) is 0.765. The second-order valence-electron chi connectivity index (χ2n) is 7.23. The zero-order valence-electron chi connectivity index (χ0n) is 16.8. The first-order chi connectivity index (χ1) is 13.9. The molecule has 1 atom stereocenters. The van der Waals surface area contributed by atoms with Crippen LogP contribution in [0.2, 0.25) is 5.02 Å². The van der Waals surface area contributed by atoms with Crippen molar-refractivity contribution in [3.05, 3.63) is 23.6 Å². The van der Waals surface area contributed by atoms with Gasteiger partial charge in [-0.15, -0.1) is 0 Å². The summed E-state index contributed by atoms with van der Waals surface area (Å²) in [6.07, 6.45) is 9.32. The number of hydrogen-bond acceptors (Lipinski definition) is 7. The van der Waals surface area contributed by atoms with Crippen molar-refractivity contribution in [3.8, 4) is 0 Å². The first kappa shape index (κ1) is 21.8. The topological polar surface area (TPSA) is 105 Å². The molecule has 3 rings (SSSR count). The van der Waals surface area contributed by atoms with Gasteiger partial charge in [-0.05, 0) is 19.3 Å². The normalized spacial score (nSPS) is 17.6. The van der Waals surface area contributed by atoms with E-state index in [0.717, 1.165) is 31.4 Å². The largest absolute Gasteiger partial charge is 0.367 e. The number of hydrogen-bond donors (Lipinski definition) is 2. The molecule has 0 bridgehead atoms. The van der Waals surface area contributed by atoms with Crippen LogP contribution in [-0.4, -0.2) is 57.4 Å². The van der Waals surface area contributed by atoms with Crippen molar-refractivity contribution in [2.75, 3.05) is 29.5 Å². The molecule has 2 N–H and O–H groups in total. The fourth-order valence-corrected chi connectivity index (χ4v) is 5.41. The summed E-state index contributed by atoms with van der Waals surface area (Å²) >= 11 is 6.24. The fraction of sp³-hybridized carbons (Fsp3) is 0.611. The molecule has 0 radical (unpaired) electrons. The predicted octanol–water partition coefficient (Wildman–Crippen LogP) is 3.00.